The van der Waals surface area contributed by atoms with Crippen LogP contribution < -0.4 is 4.90 Å². The Balaban J connectivity index is 2.28. The fourth-order valence-corrected chi connectivity index (χ4v) is 2.12. The van der Waals surface area contributed by atoms with Crippen molar-refractivity contribution in [3.05, 3.63) is 4.77 Å². The van der Waals surface area contributed by atoms with Crippen LogP contribution in [0.5, 0.6) is 0 Å². The molecular weight excluding hydrogens is 208 g/mol. The number of hydrogen-bond donors (Lipinski definition) is 1. The quantitative estimate of drug-likeness (QED) is 0.783. The lowest BCUT2D eigenvalue weighted by atomic mass is 10.4. The minimum Gasteiger partial charge on any atom is -0.338 e. The van der Waals surface area contributed by atoms with E-state index in [1.54, 1.807) is 0 Å². The number of nitrogens with zero attached hydrogens (tertiary/aromatic N) is 3. The summed E-state index contributed by atoms with van der Waals surface area (Å²) in [4.78, 5) is 2.35. The molecule has 1 saturated carbocycles. The number of anilines is 1. The van der Waals surface area contributed by atoms with Gasteiger partial charge in [0.25, 0.3) is 0 Å². The third kappa shape index (κ3) is 2.07. The molecule has 1 aliphatic rings. The highest BCUT2D eigenvalue weighted by atomic mass is 32.1. The molecule has 1 aromatic rings. The van der Waals surface area contributed by atoms with Crippen molar-refractivity contribution < 1.29 is 0 Å². The zero-order valence-electron chi connectivity index (χ0n) is 9.36. The molecule has 15 heavy (non-hydrogen) atoms. The maximum Gasteiger partial charge on any atom is 0.225 e. The van der Waals surface area contributed by atoms with Gasteiger partial charge in [0.1, 0.15) is 0 Å². The Morgan fingerprint density at radius 2 is 2.27 bits per heavy atom. The van der Waals surface area contributed by atoms with Gasteiger partial charge >= 0.3 is 0 Å². The zero-order valence-corrected chi connectivity index (χ0v) is 10.2. The van der Waals surface area contributed by atoms with Crippen molar-refractivity contribution in [3.63, 3.8) is 0 Å². The Hall–Kier alpha value is -0.840. The molecule has 0 radical (unpaired) electrons. The third-order valence-corrected chi connectivity index (χ3v) is 3.08. The van der Waals surface area contributed by atoms with Gasteiger partial charge in [0, 0.05) is 19.1 Å². The van der Waals surface area contributed by atoms with E-state index < -0.39 is 0 Å². The summed E-state index contributed by atoms with van der Waals surface area (Å²) in [5.74, 6) is 1.02. The van der Waals surface area contributed by atoms with E-state index >= 15 is 0 Å². The van der Waals surface area contributed by atoms with Gasteiger partial charge in [-0.25, -0.2) is 5.10 Å². The molecule has 4 nitrogen and oxygen atoms in total. The highest BCUT2D eigenvalue weighted by Crippen LogP contribution is 2.30. The van der Waals surface area contributed by atoms with E-state index in [1.807, 2.05) is 0 Å². The average Bonchev–Trinajstić information content (AvgIpc) is 2.99. The SMILES string of the molecule is CCCn1c(N(CC)C2CC2)n[nH]c1=S. The first kappa shape index (κ1) is 10.7. The van der Waals surface area contributed by atoms with Crippen molar-refractivity contribution in [1.82, 2.24) is 14.8 Å². The minimum atomic E-state index is 0.691. The highest BCUT2D eigenvalue weighted by molar-refractivity contribution is 7.71. The zero-order chi connectivity index (χ0) is 10.8. The van der Waals surface area contributed by atoms with E-state index in [2.05, 4.69) is 33.5 Å². The van der Waals surface area contributed by atoms with Crippen LogP contribution in [0.25, 0.3) is 0 Å². The van der Waals surface area contributed by atoms with Gasteiger partial charge in [0.05, 0.1) is 0 Å². The molecular formula is C10H18N4S. The van der Waals surface area contributed by atoms with E-state index in [0.717, 1.165) is 30.2 Å². The van der Waals surface area contributed by atoms with Gasteiger partial charge in [0.2, 0.25) is 5.95 Å². The number of H-pyrrole nitrogens is 1. The number of nitrogens with one attached hydrogen (secondary N) is 1. The van der Waals surface area contributed by atoms with Crippen LogP contribution in [0.4, 0.5) is 5.95 Å². The smallest absolute Gasteiger partial charge is 0.225 e. The van der Waals surface area contributed by atoms with Crippen LogP contribution in [0.3, 0.4) is 0 Å². The Bertz CT molecular complexity index is 377. The van der Waals surface area contributed by atoms with Crippen molar-refractivity contribution in [2.24, 2.45) is 0 Å². The lowest BCUT2D eigenvalue weighted by Crippen LogP contribution is -2.28. The van der Waals surface area contributed by atoms with Crippen LogP contribution in [0.1, 0.15) is 33.1 Å². The fraction of sp³-hybridized carbons (Fsp3) is 0.800. The van der Waals surface area contributed by atoms with E-state index in [1.165, 1.54) is 12.8 Å². The van der Waals surface area contributed by atoms with Gasteiger partial charge in [-0.3, -0.25) is 4.57 Å². The van der Waals surface area contributed by atoms with E-state index in [-0.39, 0.29) is 0 Å². The first-order chi connectivity index (χ1) is 7.27. The highest BCUT2D eigenvalue weighted by Gasteiger charge is 2.30. The summed E-state index contributed by atoms with van der Waals surface area (Å²) in [6.07, 6.45) is 3.67. The van der Waals surface area contributed by atoms with Gasteiger partial charge in [-0.1, -0.05) is 6.92 Å². The van der Waals surface area contributed by atoms with Crippen LogP contribution in [-0.2, 0) is 6.54 Å². The summed E-state index contributed by atoms with van der Waals surface area (Å²) in [6, 6.07) is 0.691. The molecule has 0 spiro atoms. The third-order valence-electron chi connectivity index (χ3n) is 2.77. The molecule has 0 amide bonds. The van der Waals surface area contributed by atoms with Crippen molar-refractivity contribution in [3.8, 4) is 0 Å². The predicted octanol–water partition coefficient (Wildman–Crippen LogP) is 2.34. The fourth-order valence-electron chi connectivity index (χ4n) is 1.90. The summed E-state index contributed by atoms with van der Waals surface area (Å²) < 4.78 is 2.85. The van der Waals surface area contributed by atoms with E-state index in [9.17, 15) is 0 Å². The molecule has 0 atom stereocenters. The van der Waals surface area contributed by atoms with Crippen molar-refractivity contribution >= 4 is 18.2 Å². The standard InChI is InChI=1S/C10H18N4S/c1-3-7-14-9(11-12-10(14)15)13(4-2)8-5-6-8/h8H,3-7H2,1-2H3,(H,12,15). The molecule has 1 heterocycles. The van der Waals surface area contributed by atoms with Crippen molar-refractivity contribution in [2.75, 3.05) is 11.4 Å². The predicted molar refractivity (Wildman–Crippen MR) is 63.7 cm³/mol. The van der Waals surface area contributed by atoms with Crippen LogP contribution >= 0.6 is 12.2 Å². The minimum absolute atomic E-state index is 0.691. The number of aromatic amines is 1. The van der Waals surface area contributed by atoms with Gasteiger partial charge in [-0.05, 0) is 38.4 Å². The molecule has 1 N–H and O–H groups in total. The van der Waals surface area contributed by atoms with Crippen LogP contribution in [-0.4, -0.2) is 27.4 Å². The molecule has 1 aliphatic carbocycles. The normalized spacial score (nSPS) is 15.6. The Labute approximate surface area is 95.3 Å². The topological polar surface area (TPSA) is 36.9 Å². The molecule has 0 aliphatic heterocycles. The molecule has 5 heteroatoms. The first-order valence-electron chi connectivity index (χ1n) is 5.69. The van der Waals surface area contributed by atoms with E-state index in [4.69, 9.17) is 12.2 Å². The molecule has 84 valence electrons. The number of aromatic nitrogens is 3. The summed E-state index contributed by atoms with van der Waals surface area (Å²) in [6.45, 7) is 6.29. The first-order valence-corrected chi connectivity index (χ1v) is 6.10. The van der Waals surface area contributed by atoms with Gasteiger partial charge < -0.3 is 4.90 Å². The van der Waals surface area contributed by atoms with Gasteiger partial charge in [-0.15, -0.1) is 5.10 Å². The molecule has 0 saturated heterocycles. The second-order valence-corrected chi connectivity index (χ2v) is 4.38. The molecule has 0 bridgehead atoms. The molecule has 1 aromatic heterocycles. The second-order valence-electron chi connectivity index (χ2n) is 4.00. The lowest BCUT2D eigenvalue weighted by Gasteiger charge is -2.21. The average molecular weight is 226 g/mol. The van der Waals surface area contributed by atoms with E-state index in [0.29, 0.717) is 6.04 Å². The van der Waals surface area contributed by atoms with Crippen LogP contribution in [0.2, 0.25) is 0 Å². The van der Waals surface area contributed by atoms with Gasteiger partial charge in [-0.2, -0.15) is 0 Å². The number of rotatable bonds is 5. The number of hydrogen-bond acceptors (Lipinski definition) is 3. The maximum atomic E-state index is 5.23. The Morgan fingerprint density at radius 1 is 1.53 bits per heavy atom. The second kappa shape index (κ2) is 4.35. The Morgan fingerprint density at radius 3 is 2.80 bits per heavy atom. The molecule has 0 aromatic carbocycles. The van der Waals surface area contributed by atoms with Crippen LogP contribution in [0.15, 0.2) is 0 Å². The van der Waals surface area contributed by atoms with Gasteiger partial charge in [0.15, 0.2) is 4.77 Å². The van der Waals surface area contributed by atoms with Crippen molar-refractivity contribution in [2.45, 2.75) is 45.7 Å². The summed E-state index contributed by atoms with van der Waals surface area (Å²) >= 11 is 5.23. The molecule has 1 fully saturated rings. The summed E-state index contributed by atoms with van der Waals surface area (Å²) in [5.41, 5.74) is 0. The monoisotopic (exact) mass is 226 g/mol. The van der Waals surface area contributed by atoms with Crippen LogP contribution in [0, 0.1) is 4.77 Å². The lowest BCUT2D eigenvalue weighted by molar-refractivity contribution is 0.643. The Kier molecular flexibility index (Phi) is 3.09. The molecule has 2 rings (SSSR count). The molecule has 0 unspecified atom stereocenters. The van der Waals surface area contributed by atoms with Crippen molar-refractivity contribution in [1.29, 1.82) is 0 Å². The summed E-state index contributed by atoms with van der Waals surface area (Å²) in [7, 11) is 0. The maximum absolute atomic E-state index is 5.23. The summed E-state index contributed by atoms with van der Waals surface area (Å²) in [5, 5.41) is 7.23. The largest absolute Gasteiger partial charge is 0.338 e.